The van der Waals surface area contributed by atoms with E-state index in [1.54, 1.807) is 24.3 Å². The molecule has 0 bridgehead atoms. The number of aliphatic hydroxyl groups is 2. The highest BCUT2D eigenvalue weighted by atomic mass is 16.3. The van der Waals surface area contributed by atoms with Crippen molar-refractivity contribution in [2.75, 3.05) is 19.6 Å². The van der Waals surface area contributed by atoms with Gasteiger partial charge in [-0.15, -0.1) is 0 Å². The third-order valence-electron chi connectivity index (χ3n) is 3.79. The van der Waals surface area contributed by atoms with Gasteiger partial charge in [0.15, 0.2) is 0 Å². The first-order valence-corrected chi connectivity index (χ1v) is 6.63. The molecule has 1 heterocycles. The lowest BCUT2D eigenvalue weighted by Gasteiger charge is -2.36. The van der Waals surface area contributed by atoms with Gasteiger partial charge in [-0.1, -0.05) is 12.1 Å². The molecule has 1 aliphatic rings. The van der Waals surface area contributed by atoms with Crippen molar-refractivity contribution >= 4 is 0 Å². The van der Waals surface area contributed by atoms with E-state index < -0.39 is 11.7 Å². The molecule has 1 aliphatic heterocycles. The second-order valence-electron chi connectivity index (χ2n) is 5.55. The van der Waals surface area contributed by atoms with E-state index >= 15 is 0 Å². The second kappa shape index (κ2) is 5.70. The molecule has 2 rings (SSSR count). The SMILES string of the molecule is CC1(O)CCN(CC(O)c2ccc(C#N)cc2)CC1. The Kier molecular flexibility index (Phi) is 4.20. The first-order valence-electron chi connectivity index (χ1n) is 6.63. The van der Waals surface area contributed by atoms with Gasteiger partial charge in [-0.3, -0.25) is 0 Å². The highest BCUT2D eigenvalue weighted by Crippen LogP contribution is 2.23. The number of nitriles is 1. The van der Waals surface area contributed by atoms with Crippen LogP contribution in [0.25, 0.3) is 0 Å². The largest absolute Gasteiger partial charge is 0.390 e. The van der Waals surface area contributed by atoms with Crippen molar-refractivity contribution in [3.63, 3.8) is 0 Å². The van der Waals surface area contributed by atoms with Crippen molar-refractivity contribution in [2.24, 2.45) is 0 Å². The molecule has 0 saturated carbocycles. The zero-order valence-electron chi connectivity index (χ0n) is 11.2. The number of hydrogen-bond acceptors (Lipinski definition) is 4. The molecule has 102 valence electrons. The van der Waals surface area contributed by atoms with Crippen LogP contribution in [-0.2, 0) is 0 Å². The zero-order valence-corrected chi connectivity index (χ0v) is 11.2. The van der Waals surface area contributed by atoms with Gasteiger partial charge in [0.2, 0.25) is 0 Å². The van der Waals surface area contributed by atoms with Gasteiger partial charge in [0.1, 0.15) is 0 Å². The molecular formula is C15H20N2O2. The number of nitrogens with zero attached hydrogens (tertiary/aromatic N) is 2. The minimum absolute atomic E-state index is 0.546. The van der Waals surface area contributed by atoms with Crippen molar-refractivity contribution in [1.82, 2.24) is 4.90 Å². The fourth-order valence-electron chi connectivity index (χ4n) is 2.35. The van der Waals surface area contributed by atoms with Crippen molar-refractivity contribution in [2.45, 2.75) is 31.5 Å². The lowest BCUT2D eigenvalue weighted by atomic mass is 9.93. The van der Waals surface area contributed by atoms with Crippen LogP contribution in [0.2, 0.25) is 0 Å². The van der Waals surface area contributed by atoms with Gasteiger partial charge in [-0.2, -0.15) is 5.26 Å². The van der Waals surface area contributed by atoms with E-state index in [0.29, 0.717) is 12.1 Å². The molecule has 19 heavy (non-hydrogen) atoms. The molecule has 0 radical (unpaired) electrons. The Bertz CT molecular complexity index is 452. The molecule has 1 aromatic carbocycles. The molecule has 4 heteroatoms. The Hall–Kier alpha value is -1.41. The second-order valence-corrected chi connectivity index (χ2v) is 5.55. The molecule has 1 saturated heterocycles. The normalized spacial score (nSPS) is 20.7. The monoisotopic (exact) mass is 260 g/mol. The molecule has 0 amide bonds. The number of aliphatic hydroxyl groups excluding tert-OH is 1. The van der Waals surface area contributed by atoms with Gasteiger partial charge in [0.05, 0.1) is 23.3 Å². The molecule has 1 fully saturated rings. The lowest BCUT2D eigenvalue weighted by molar-refractivity contribution is -0.0161. The van der Waals surface area contributed by atoms with Crippen LogP contribution < -0.4 is 0 Å². The minimum atomic E-state index is -0.560. The fourth-order valence-corrected chi connectivity index (χ4v) is 2.35. The van der Waals surface area contributed by atoms with Gasteiger partial charge >= 0.3 is 0 Å². The number of rotatable bonds is 3. The van der Waals surface area contributed by atoms with Crippen LogP contribution in [0.1, 0.15) is 37.0 Å². The summed E-state index contributed by atoms with van der Waals surface area (Å²) in [5, 5.41) is 28.8. The smallest absolute Gasteiger partial charge is 0.0991 e. The topological polar surface area (TPSA) is 67.5 Å². The van der Waals surface area contributed by atoms with Crippen LogP contribution in [-0.4, -0.2) is 40.3 Å². The predicted molar refractivity (Wildman–Crippen MR) is 72.4 cm³/mol. The zero-order chi connectivity index (χ0) is 13.9. The molecule has 4 nitrogen and oxygen atoms in total. The summed E-state index contributed by atoms with van der Waals surface area (Å²) in [4.78, 5) is 2.17. The Morgan fingerprint density at radius 1 is 1.32 bits per heavy atom. The lowest BCUT2D eigenvalue weighted by Crippen LogP contribution is -2.43. The van der Waals surface area contributed by atoms with Gasteiger partial charge in [-0.25, -0.2) is 0 Å². The van der Waals surface area contributed by atoms with E-state index in [9.17, 15) is 10.2 Å². The summed E-state index contributed by atoms with van der Waals surface area (Å²) in [7, 11) is 0. The van der Waals surface area contributed by atoms with E-state index in [-0.39, 0.29) is 0 Å². The van der Waals surface area contributed by atoms with Crippen LogP contribution in [0.4, 0.5) is 0 Å². The number of benzene rings is 1. The van der Waals surface area contributed by atoms with Crippen LogP contribution in [0, 0.1) is 11.3 Å². The van der Waals surface area contributed by atoms with E-state index in [0.717, 1.165) is 31.5 Å². The van der Waals surface area contributed by atoms with Crippen LogP contribution in [0.15, 0.2) is 24.3 Å². The molecule has 1 aromatic rings. The van der Waals surface area contributed by atoms with Crippen LogP contribution in [0.3, 0.4) is 0 Å². The summed E-state index contributed by atoms with van der Waals surface area (Å²) in [6.45, 7) is 4.05. The molecule has 1 atom stereocenters. The number of likely N-dealkylation sites (tertiary alicyclic amines) is 1. The molecule has 2 N–H and O–H groups in total. The van der Waals surface area contributed by atoms with Crippen molar-refractivity contribution in [1.29, 1.82) is 5.26 Å². The predicted octanol–water partition coefficient (Wildman–Crippen LogP) is 1.44. The number of β-amino-alcohol motifs (C(OH)–C–C–N with tert-alkyl or cyclic N) is 1. The first-order chi connectivity index (χ1) is 9.00. The number of hydrogen-bond donors (Lipinski definition) is 2. The van der Waals surface area contributed by atoms with Crippen LogP contribution in [0.5, 0.6) is 0 Å². The quantitative estimate of drug-likeness (QED) is 0.863. The minimum Gasteiger partial charge on any atom is -0.390 e. The highest BCUT2D eigenvalue weighted by molar-refractivity contribution is 5.32. The van der Waals surface area contributed by atoms with Gasteiger partial charge in [0, 0.05) is 19.6 Å². The maximum Gasteiger partial charge on any atom is 0.0991 e. The Balaban J connectivity index is 1.90. The van der Waals surface area contributed by atoms with Gasteiger partial charge < -0.3 is 15.1 Å². The van der Waals surface area contributed by atoms with E-state index in [1.807, 2.05) is 6.92 Å². The number of piperidine rings is 1. The van der Waals surface area contributed by atoms with E-state index in [2.05, 4.69) is 11.0 Å². The highest BCUT2D eigenvalue weighted by Gasteiger charge is 2.28. The maximum absolute atomic E-state index is 10.2. The summed E-state index contributed by atoms with van der Waals surface area (Å²) >= 11 is 0. The molecule has 1 unspecified atom stereocenters. The Labute approximate surface area is 113 Å². The third-order valence-corrected chi connectivity index (χ3v) is 3.79. The summed E-state index contributed by atoms with van der Waals surface area (Å²) < 4.78 is 0. The standard InChI is InChI=1S/C15H20N2O2/c1-15(19)6-8-17(9-7-15)11-14(18)13-4-2-12(10-16)3-5-13/h2-5,14,18-19H,6-9,11H2,1H3. The average Bonchev–Trinajstić information content (AvgIpc) is 2.41. The van der Waals surface area contributed by atoms with Crippen molar-refractivity contribution < 1.29 is 10.2 Å². The summed E-state index contributed by atoms with van der Waals surface area (Å²) in [6, 6.07) is 9.10. The van der Waals surface area contributed by atoms with E-state index in [4.69, 9.17) is 5.26 Å². The van der Waals surface area contributed by atoms with Gasteiger partial charge in [0.25, 0.3) is 0 Å². The van der Waals surface area contributed by atoms with E-state index in [1.165, 1.54) is 0 Å². The molecule has 0 aliphatic carbocycles. The van der Waals surface area contributed by atoms with Crippen LogP contribution >= 0.6 is 0 Å². The first kappa shape index (κ1) is 14.0. The molecule has 0 aromatic heterocycles. The van der Waals surface area contributed by atoms with Gasteiger partial charge in [-0.05, 0) is 37.5 Å². The summed E-state index contributed by atoms with van der Waals surface area (Å²) in [5.74, 6) is 0. The van der Waals surface area contributed by atoms with Crippen molar-refractivity contribution in [3.05, 3.63) is 35.4 Å². The Morgan fingerprint density at radius 3 is 2.42 bits per heavy atom. The summed E-state index contributed by atoms with van der Waals surface area (Å²) in [5.41, 5.74) is 0.872. The average molecular weight is 260 g/mol. The fraction of sp³-hybridized carbons (Fsp3) is 0.533. The maximum atomic E-state index is 10.2. The molecular weight excluding hydrogens is 240 g/mol. The molecule has 0 spiro atoms. The third kappa shape index (κ3) is 3.77. The van der Waals surface area contributed by atoms with Crippen molar-refractivity contribution in [3.8, 4) is 6.07 Å². The Morgan fingerprint density at radius 2 is 1.89 bits per heavy atom. The summed E-state index contributed by atoms with van der Waals surface area (Å²) in [6.07, 6.45) is 0.941.